The van der Waals surface area contributed by atoms with E-state index in [4.69, 9.17) is 4.74 Å². The second kappa shape index (κ2) is 8.80. The van der Waals surface area contributed by atoms with Crippen molar-refractivity contribution >= 4 is 16.9 Å². The largest absolute Gasteiger partial charge is 0.389 e. The highest BCUT2D eigenvalue weighted by molar-refractivity contribution is 6.05. The van der Waals surface area contributed by atoms with Gasteiger partial charge >= 0.3 is 0 Å². The van der Waals surface area contributed by atoms with Crippen LogP contribution in [0.15, 0.2) is 54.9 Å². The molecule has 8 nitrogen and oxygen atoms in total. The maximum absolute atomic E-state index is 13.1. The van der Waals surface area contributed by atoms with Gasteiger partial charge in [0.25, 0.3) is 5.91 Å². The Labute approximate surface area is 191 Å². The summed E-state index contributed by atoms with van der Waals surface area (Å²) >= 11 is 0. The van der Waals surface area contributed by atoms with Crippen LogP contribution in [0.3, 0.4) is 0 Å². The van der Waals surface area contributed by atoms with Gasteiger partial charge in [-0.1, -0.05) is 24.3 Å². The molecule has 33 heavy (non-hydrogen) atoms. The van der Waals surface area contributed by atoms with E-state index < -0.39 is 6.10 Å². The van der Waals surface area contributed by atoms with Gasteiger partial charge in [-0.25, -0.2) is 0 Å². The molecule has 4 heterocycles. The highest BCUT2D eigenvalue weighted by Crippen LogP contribution is 2.23. The van der Waals surface area contributed by atoms with E-state index in [2.05, 4.69) is 39.7 Å². The summed E-state index contributed by atoms with van der Waals surface area (Å²) in [5, 5.41) is 17.6. The number of hydrogen-bond donors (Lipinski definition) is 2. The minimum atomic E-state index is -0.705. The van der Waals surface area contributed by atoms with E-state index in [1.165, 1.54) is 0 Å². The standard InChI is InChI=1S/C25H27N5O3/c1-16-3-8-22-24(26-16)19(25(32)27-21-10-12-33-15-23(21)31)14-30(22)13-17-4-6-18(7-5-17)20-9-11-29(2)28-20/h3-9,11,14,21,23,31H,10,12-13,15H2,1-2H3,(H,27,32)/t21-,23-/m0/s1. The lowest BCUT2D eigenvalue weighted by Crippen LogP contribution is -2.48. The van der Waals surface area contributed by atoms with Gasteiger partial charge in [-0.05, 0) is 37.1 Å². The van der Waals surface area contributed by atoms with Crippen LogP contribution in [-0.4, -0.2) is 55.7 Å². The van der Waals surface area contributed by atoms with Crippen molar-refractivity contribution in [2.75, 3.05) is 13.2 Å². The fourth-order valence-corrected chi connectivity index (χ4v) is 4.25. The molecule has 0 saturated carbocycles. The number of carbonyl (C=O) groups excluding carboxylic acids is 1. The third-order valence-electron chi connectivity index (χ3n) is 6.07. The Morgan fingerprint density at radius 2 is 2.03 bits per heavy atom. The zero-order valence-corrected chi connectivity index (χ0v) is 18.7. The molecule has 0 radical (unpaired) electrons. The molecule has 1 amide bonds. The number of aryl methyl sites for hydroxylation is 2. The third-order valence-corrected chi connectivity index (χ3v) is 6.07. The molecule has 1 aliphatic heterocycles. The van der Waals surface area contributed by atoms with Crippen LogP contribution in [0.25, 0.3) is 22.3 Å². The van der Waals surface area contributed by atoms with Crippen LogP contribution in [0, 0.1) is 6.92 Å². The predicted molar refractivity (Wildman–Crippen MR) is 125 cm³/mol. The van der Waals surface area contributed by atoms with Gasteiger partial charge in [0.2, 0.25) is 0 Å². The molecular weight excluding hydrogens is 418 g/mol. The summed E-state index contributed by atoms with van der Waals surface area (Å²) in [7, 11) is 1.90. The van der Waals surface area contributed by atoms with Crippen molar-refractivity contribution in [3.8, 4) is 11.3 Å². The predicted octanol–water partition coefficient (Wildman–Crippen LogP) is 2.67. The minimum Gasteiger partial charge on any atom is -0.389 e. The molecule has 0 unspecified atom stereocenters. The lowest BCUT2D eigenvalue weighted by molar-refractivity contribution is -0.0260. The zero-order valence-electron chi connectivity index (χ0n) is 18.7. The quantitative estimate of drug-likeness (QED) is 0.493. The first-order valence-electron chi connectivity index (χ1n) is 11.1. The number of carbonyl (C=O) groups is 1. The van der Waals surface area contributed by atoms with Crippen molar-refractivity contribution in [1.29, 1.82) is 0 Å². The smallest absolute Gasteiger partial charge is 0.255 e. The molecule has 0 bridgehead atoms. The molecule has 1 aromatic carbocycles. The van der Waals surface area contributed by atoms with E-state index in [1.807, 2.05) is 49.1 Å². The number of aromatic nitrogens is 4. The summed E-state index contributed by atoms with van der Waals surface area (Å²) < 4.78 is 9.11. The van der Waals surface area contributed by atoms with Crippen molar-refractivity contribution in [2.24, 2.45) is 7.05 Å². The van der Waals surface area contributed by atoms with Gasteiger partial charge in [0.05, 0.1) is 35.5 Å². The van der Waals surface area contributed by atoms with Crippen LogP contribution in [0.5, 0.6) is 0 Å². The van der Waals surface area contributed by atoms with Crippen LogP contribution < -0.4 is 5.32 Å². The summed E-state index contributed by atoms with van der Waals surface area (Å²) in [5.41, 5.74) is 6.02. The van der Waals surface area contributed by atoms with Gasteiger partial charge in [0.15, 0.2) is 0 Å². The Balaban J connectivity index is 1.42. The Kier molecular flexibility index (Phi) is 5.70. The van der Waals surface area contributed by atoms with Crippen molar-refractivity contribution in [3.05, 3.63) is 71.7 Å². The molecule has 1 saturated heterocycles. The first kappa shape index (κ1) is 21.4. The second-order valence-corrected chi connectivity index (χ2v) is 8.57. The summed E-state index contributed by atoms with van der Waals surface area (Å²) in [6, 6.07) is 13.9. The van der Waals surface area contributed by atoms with Gasteiger partial charge in [-0.15, -0.1) is 0 Å². The number of amides is 1. The number of nitrogens with one attached hydrogen (secondary N) is 1. The number of aliphatic hydroxyl groups excluding tert-OH is 1. The molecule has 1 fully saturated rings. The van der Waals surface area contributed by atoms with Crippen molar-refractivity contribution in [2.45, 2.75) is 32.0 Å². The maximum Gasteiger partial charge on any atom is 0.255 e. The lowest BCUT2D eigenvalue weighted by Gasteiger charge is -2.28. The Morgan fingerprint density at radius 3 is 2.76 bits per heavy atom. The number of benzene rings is 1. The summed E-state index contributed by atoms with van der Waals surface area (Å²) in [5.74, 6) is -0.228. The van der Waals surface area contributed by atoms with Gasteiger partial charge < -0.3 is 19.7 Å². The van der Waals surface area contributed by atoms with Gasteiger partial charge in [0.1, 0.15) is 5.52 Å². The number of fused-ring (bicyclic) bond motifs is 1. The fraction of sp³-hybridized carbons (Fsp3) is 0.320. The van der Waals surface area contributed by atoms with Crippen molar-refractivity contribution in [1.82, 2.24) is 24.6 Å². The number of hydrogen-bond acceptors (Lipinski definition) is 5. The topological polar surface area (TPSA) is 94.2 Å². The Morgan fingerprint density at radius 1 is 1.21 bits per heavy atom. The molecule has 0 aliphatic carbocycles. The Bertz CT molecular complexity index is 1290. The van der Waals surface area contributed by atoms with Crippen LogP contribution in [0.1, 0.15) is 28.0 Å². The number of rotatable bonds is 5. The lowest BCUT2D eigenvalue weighted by atomic mass is 10.1. The maximum atomic E-state index is 13.1. The number of pyridine rings is 1. The van der Waals surface area contributed by atoms with Crippen LogP contribution in [0.2, 0.25) is 0 Å². The van der Waals surface area contributed by atoms with Gasteiger partial charge in [0, 0.05) is 43.9 Å². The van der Waals surface area contributed by atoms with Crippen LogP contribution in [0.4, 0.5) is 0 Å². The first-order chi connectivity index (χ1) is 16.0. The van der Waals surface area contributed by atoms with E-state index in [-0.39, 0.29) is 18.6 Å². The van der Waals surface area contributed by atoms with Crippen LogP contribution >= 0.6 is 0 Å². The highest BCUT2D eigenvalue weighted by atomic mass is 16.5. The van der Waals surface area contributed by atoms with E-state index >= 15 is 0 Å². The second-order valence-electron chi connectivity index (χ2n) is 8.57. The molecule has 1 aliphatic rings. The van der Waals surface area contributed by atoms with E-state index in [9.17, 15) is 9.90 Å². The fourth-order valence-electron chi connectivity index (χ4n) is 4.25. The average Bonchev–Trinajstić information content (AvgIpc) is 3.39. The van der Waals surface area contributed by atoms with E-state index in [0.717, 1.165) is 28.0 Å². The highest BCUT2D eigenvalue weighted by Gasteiger charge is 2.27. The van der Waals surface area contributed by atoms with Gasteiger partial charge in [-0.2, -0.15) is 5.10 Å². The monoisotopic (exact) mass is 445 g/mol. The van der Waals surface area contributed by atoms with Crippen molar-refractivity contribution < 1.29 is 14.6 Å². The molecule has 2 N–H and O–H groups in total. The normalized spacial score (nSPS) is 18.5. The molecule has 5 rings (SSSR count). The Hall–Kier alpha value is -3.49. The summed E-state index contributed by atoms with van der Waals surface area (Å²) in [6.07, 6.45) is 3.66. The zero-order chi connectivity index (χ0) is 22.9. The molecular formula is C25H27N5O3. The average molecular weight is 446 g/mol. The number of ether oxygens (including phenoxy) is 1. The third kappa shape index (κ3) is 4.40. The molecule has 2 atom stereocenters. The van der Waals surface area contributed by atoms with Crippen molar-refractivity contribution in [3.63, 3.8) is 0 Å². The van der Waals surface area contributed by atoms with E-state index in [1.54, 1.807) is 4.68 Å². The molecule has 8 heteroatoms. The number of nitrogens with zero attached hydrogens (tertiary/aromatic N) is 4. The molecule has 3 aromatic heterocycles. The number of aliphatic hydroxyl groups is 1. The molecule has 4 aromatic rings. The molecule has 170 valence electrons. The SMILES string of the molecule is Cc1ccc2c(n1)c(C(=O)N[C@H]1CCOC[C@@H]1O)cn2Cc1ccc(-c2ccn(C)n2)cc1. The minimum absolute atomic E-state index is 0.228. The summed E-state index contributed by atoms with van der Waals surface area (Å²) in [4.78, 5) is 17.8. The summed E-state index contributed by atoms with van der Waals surface area (Å²) in [6.45, 7) is 3.28. The van der Waals surface area contributed by atoms with Gasteiger partial charge in [-0.3, -0.25) is 14.5 Å². The molecule has 0 spiro atoms. The van der Waals surface area contributed by atoms with E-state index in [0.29, 0.717) is 30.7 Å². The first-order valence-corrected chi connectivity index (χ1v) is 11.1. The van der Waals surface area contributed by atoms with Crippen LogP contribution in [-0.2, 0) is 18.3 Å².